The van der Waals surface area contributed by atoms with Crippen LogP contribution in [0.5, 0.6) is 0 Å². The van der Waals surface area contributed by atoms with Gasteiger partial charge < -0.3 is 19.6 Å². The van der Waals surface area contributed by atoms with Crippen molar-refractivity contribution in [3.63, 3.8) is 0 Å². The number of amides is 1. The Morgan fingerprint density at radius 1 is 1.67 bits per heavy atom. The Balaban J connectivity index is 1.93. The van der Waals surface area contributed by atoms with E-state index in [4.69, 9.17) is 14.7 Å². The van der Waals surface area contributed by atoms with Gasteiger partial charge in [-0.2, -0.15) is 17.4 Å². The predicted molar refractivity (Wildman–Crippen MR) is 86.3 cm³/mol. The minimum absolute atomic E-state index is 0.185. The van der Waals surface area contributed by atoms with Crippen LogP contribution in [-0.2, 0) is 14.3 Å². The Hall–Kier alpha value is -2.18. The molecule has 0 bridgehead atoms. The third-order valence-corrected chi connectivity index (χ3v) is 4.76. The van der Waals surface area contributed by atoms with E-state index in [9.17, 15) is 9.90 Å². The first-order valence-electron chi connectivity index (χ1n) is 7.40. The van der Waals surface area contributed by atoms with E-state index >= 15 is 0 Å². The smallest absolute Gasteiger partial charge is 0.313 e. The minimum atomic E-state index is -0.750. The predicted octanol–water partition coefficient (Wildman–Crippen LogP) is 0.816. The molecule has 126 valence electrons. The number of thiazole rings is 1. The minimum Gasteiger partial charge on any atom is -0.386 e. The van der Waals surface area contributed by atoms with Gasteiger partial charge in [-0.25, -0.2) is 0 Å². The van der Waals surface area contributed by atoms with E-state index in [1.807, 2.05) is 12.1 Å². The molecule has 0 radical (unpaired) electrons. The number of aromatic nitrogens is 1. The van der Waals surface area contributed by atoms with Gasteiger partial charge in [0.25, 0.3) is 0 Å². The molecule has 1 aliphatic rings. The van der Waals surface area contributed by atoms with Crippen molar-refractivity contribution in [3.05, 3.63) is 35.3 Å². The fraction of sp³-hybridized carbons (Fsp3) is 0.375. The first-order chi connectivity index (χ1) is 11.6. The summed E-state index contributed by atoms with van der Waals surface area (Å²) in [6.07, 6.45) is -0.748. The third-order valence-electron chi connectivity index (χ3n) is 3.64. The van der Waals surface area contributed by atoms with Crippen molar-refractivity contribution in [1.29, 1.82) is 5.26 Å². The average molecular weight is 346 g/mol. The van der Waals surface area contributed by atoms with Crippen LogP contribution in [0.3, 0.4) is 0 Å². The molecule has 7 nitrogen and oxygen atoms in total. The number of benzene rings is 1. The number of carbonyl (C=O) groups excluding carboxylic acids is 1. The number of nitriles is 1. The highest BCUT2D eigenvalue weighted by Crippen LogP contribution is 2.27. The number of hydrogen-bond acceptors (Lipinski definition) is 7. The second-order valence-corrected chi connectivity index (χ2v) is 6.37. The quantitative estimate of drug-likeness (QED) is 0.636. The molecule has 2 atom stereocenters. The van der Waals surface area contributed by atoms with Gasteiger partial charge in [0.1, 0.15) is 11.1 Å². The van der Waals surface area contributed by atoms with Gasteiger partial charge >= 0.3 is 5.91 Å². The number of methoxy groups -OCH3 is 1. The molecule has 0 aliphatic carbocycles. The molecule has 8 heteroatoms. The average Bonchev–Trinajstić information content (AvgIpc) is 3.16. The fourth-order valence-electron chi connectivity index (χ4n) is 2.40. The lowest BCUT2D eigenvalue weighted by atomic mass is 10.2. The maximum atomic E-state index is 12.3. The molecule has 1 aliphatic heterocycles. The van der Waals surface area contributed by atoms with Crippen molar-refractivity contribution < 1.29 is 19.4 Å². The summed E-state index contributed by atoms with van der Waals surface area (Å²) in [6.45, 7) is 1.58. The van der Waals surface area contributed by atoms with Crippen molar-refractivity contribution in [3.8, 4) is 6.07 Å². The van der Waals surface area contributed by atoms with Gasteiger partial charge in [0.05, 0.1) is 12.7 Å². The SMILES string of the molecule is COCC1O[CH-][N+](=c2cc3sc(C(O)CCC#N)nc3c[cH-]2)C1=O. The van der Waals surface area contributed by atoms with Crippen molar-refractivity contribution in [2.24, 2.45) is 0 Å². The maximum absolute atomic E-state index is 12.3. The molecule has 1 N–H and O–H groups in total. The summed E-state index contributed by atoms with van der Waals surface area (Å²) in [5.41, 5.74) is 0.746. The molecule has 0 saturated carbocycles. The van der Waals surface area contributed by atoms with Crippen molar-refractivity contribution in [2.45, 2.75) is 25.0 Å². The van der Waals surface area contributed by atoms with Gasteiger partial charge in [-0.05, 0) is 11.9 Å². The van der Waals surface area contributed by atoms with E-state index in [1.54, 1.807) is 12.1 Å². The van der Waals surface area contributed by atoms with Crippen LogP contribution in [-0.4, -0.2) is 35.8 Å². The highest BCUT2D eigenvalue weighted by atomic mass is 32.1. The topological polar surface area (TPSA) is 95.5 Å². The van der Waals surface area contributed by atoms with Crippen LogP contribution in [0.15, 0.2) is 18.2 Å². The standard InChI is InChI=1S/C16H16N3O4S/c1-22-8-13-16(21)19(9-23-13)10-4-5-11-14(7-10)24-15(18-11)12(20)3-2-6-17/h4-5,7,9,12-13,20H,2-3,8H2,1H3/q-1. The van der Waals surface area contributed by atoms with Crippen LogP contribution in [0.25, 0.3) is 10.2 Å². The number of aliphatic hydroxyl groups excluding tert-OH is 1. The van der Waals surface area contributed by atoms with Crippen molar-refractivity contribution >= 4 is 27.5 Å². The van der Waals surface area contributed by atoms with Crippen molar-refractivity contribution in [2.75, 3.05) is 13.7 Å². The largest absolute Gasteiger partial charge is 0.386 e. The van der Waals surface area contributed by atoms with E-state index < -0.39 is 12.2 Å². The van der Waals surface area contributed by atoms with E-state index in [1.165, 1.54) is 29.8 Å². The van der Waals surface area contributed by atoms with Crippen LogP contribution in [0.4, 0.5) is 0 Å². The summed E-state index contributed by atoms with van der Waals surface area (Å²) in [7, 11) is 1.52. The summed E-state index contributed by atoms with van der Waals surface area (Å²) in [5.74, 6) is -0.185. The molecule has 2 aromatic rings. The second-order valence-electron chi connectivity index (χ2n) is 5.31. The summed E-state index contributed by atoms with van der Waals surface area (Å²) in [6, 6.07) is 7.42. The number of nitrogens with zero attached hydrogens (tertiary/aromatic N) is 3. The first kappa shape index (κ1) is 16.7. The molecule has 1 fully saturated rings. The Kier molecular flexibility index (Phi) is 4.97. The summed E-state index contributed by atoms with van der Waals surface area (Å²) >= 11 is 1.35. The second kappa shape index (κ2) is 7.15. The van der Waals surface area contributed by atoms with Gasteiger partial charge in [-0.1, -0.05) is 4.70 Å². The van der Waals surface area contributed by atoms with Crippen LogP contribution < -0.4 is 9.93 Å². The van der Waals surface area contributed by atoms with Crippen LogP contribution >= 0.6 is 11.3 Å². The molecular formula is C16H16N3O4S-. The molecule has 24 heavy (non-hydrogen) atoms. The van der Waals surface area contributed by atoms with E-state index in [-0.39, 0.29) is 18.9 Å². The Morgan fingerprint density at radius 2 is 2.50 bits per heavy atom. The lowest BCUT2D eigenvalue weighted by molar-refractivity contribution is -0.126. The number of carbonyl (C=O) groups is 1. The molecular weight excluding hydrogens is 330 g/mol. The van der Waals surface area contributed by atoms with Gasteiger partial charge in [-0.15, -0.1) is 17.4 Å². The zero-order valence-corrected chi connectivity index (χ0v) is 13.8. The number of fused-ring (bicyclic) bond motifs is 1. The maximum Gasteiger partial charge on any atom is 0.313 e. The number of rotatable bonds is 5. The summed E-state index contributed by atoms with van der Waals surface area (Å²) in [4.78, 5) is 16.7. The van der Waals surface area contributed by atoms with Gasteiger partial charge in [0.15, 0.2) is 12.8 Å². The summed E-state index contributed by atoms with van der Waals surface area (Å²) in [5, 5.41) is 19.9. The lowest BCUT2D eigenvalue weighted by Crippen LogP contribution is -2.34. The number of aliphatic hydroxyl groups is 1. The highest BCUT2D eigenvalue weighted by Gasteiger charge is 2.29. The Bertz CT molecular complexity index is 864. The third kappa shape index (κ3) is 3.20. The lowest BCUT2D eigenvalue weighted by Gasteiger charge is -2.04. The van der Waals surface area contributed by atoms with Crippen LogP contribution in [0.2, 0.25) is 0 Å². The van der Waals surface area contributed by atoms with Gasteiger partial charge in [0, 0.05) is 18.9 Å². The van der Waals surface area contributed by atoms with Crippen LogP contribution in [0, 0.1) is 18.1 Å². The molecule has 1 saturated heterocycles. The first-order valence-corrected chi connectivity index (χ1v) is 8.22. The van der Waals surface area contributed by atoms with Crippen LogP contribution in [0.1, 0.15) is 24.0 Å². The molecule has 2 heterocycles. The van der Waals surface area contributed by atoms with Crippen molar-refractivity contribution in [1.82, 2.24) is 9.56 Å². The Labute approximate surface area is 142 Å². The normalized spacial score (nSPS) is 20.9. The monoisotopic (exact) mass is 346 g/mol. The van der Waals surface area contributed by atoms with E-state index in [2.05, 4.69) is 4.98 Å². The van der Waals surface area contributed by atoms with Gasteiger partial charge in [-0.3, -0.25) is 9.37 Å². The fourth-order valence-corrected chi connectivity index (χ4v) is 3.42. The number of hydrogen-bond donors (Lipinski definition) is 1. The Morgan fingerprint density at radius 3 is 3.25 bits per heavy atom. The molecule has 1 aromatic heterocycles. The molecule has 3 rings (SSSR count). The molecule has 0 spiro atoms. The van der Waals surface area contributed by atoms with E-state index in [0.29, 0.717) is 16.8 Å². The molecule has 2 unspecified atom stereocenters. The zero-order valence-electron chi connectivity index (χ0n) is 13.0. The number of ether oxygens (including phenoxy) is 2. The molecule has 1 amide bonds. The zero-order chi connectivity index (χ0) is 17.1. The van der Waals surface area contributed by atoms with E-state index in [0.717, 1.165) is 10.2 Å². The highest BCUT2D eigenvalue weighted by molar-refractivity contribution is 7.18. The summed E-state index contributed by atoms with van der Waals surface area (Å²) < 4.78 is 12.6. The van der Waals surface area contributed by atoms with Gasteiger partial charge in [0.2, 0.25) is 0 Å². The molecule has 1 aromatic carbocycles.